The highest BCUT2D eigenvalue weighted by molar-refractivity contribution is 7.14. The summed E-state index contributed by atoms with van der Waals surface area (Å²) in [5.41, 5.74) is 20.2. The van der Waals surface area contributed by atoms with Crippen molar-refractivity contribution >= 4 is 89.7 Å². The van der Waals surface area contributed by atoms with Crippen LogP contribution >= 0.6 is 22.9 Å². The number of imidazole rings is 1. The molecule has 0 atom stereocenters. The number of halogens is 4. The van der Waals surface area contributed by atoms with E-state index in [1.807, 2.05) is 172 Å². The van der Waals surface area contributed by atoms with Gasteiger partial charge in [-0.25, -0.2) is 9.97 Å². The number of carbonyl (C=O) groups excluding carboxylic acids is 4. The number of likely N-dealkylation sites (N-methyl/N-ethyl adjacent to an activating group) is 3. The van der Waals surface area contributed by atoms with Crippen molar-refractivity contribution in [1.82, 2.24) is 79.6 Å². The van der Waals surface area contributed by atoms with E-state index in [2.05, 4.69) is 181 Å². The first-order chi connectivity index (χ1) is 69.6. The summed E-state index contributed by atoms with van der Waals surface area (Å²) in [4.78, 5) is 95.1. The van der Waals surface area contributed by atoms with Crippen LogP contribution in [-0.4, -0.2) is 202 Å². The van der Waals surface area contributed by atoms with E-state index in [1.54, 1.807) is 55.8 Å². The minimum absolute atomic E-state index is 0.0105. The smallest absolute Gasteiger partial charge is 0.361 e. The van der Waals surface area contributed by atoms with Crippen LogP contribution in [-0.2, 0) is 56.9 Å². The van der Waals surface area contributed by atoms with E-state index >= 15 is 0 Å². The van der Waals surface area contributed by atoms with Crippen molar-refractivity contribution in [1.29, 1.82) is 0 Å². The third kappa shape index (κ3) is 26.4. The summed E-state index contributed by atoms with van der Waals surface area (Å²) in [7, 11) is 6.35. The van der Waals surface area contributed by atoms with Crippen molar-refractivity contribution in [3.8, 4) is 47.4 Å². The molecule has 0 spiro atoms. The standard InChI is InChI=1S/C34H34N4O.C29H28ClN5O.C28H24F3N5OS.C27H24N2O2/c1-24-7-9-28(21-27(24)13-14-29-22-35-36-33-6-4-3-5-31(29)33)34(39)20-25-8-10-30(32(19-25)26-11-12-26)23-38-17-15-37(2)16-18-38;1-20-3-5-23(15-22(20)7-8-24-16-31-17-27-29(24)33-19-32-27)28(36)14-21-4-6-25(26(30)13-21)18-35-11-9-34(2)10-12-35;1-35-9-11-36(12-10-35)18-22-5-4-19(13-23(22)28(29,30)31)14-24(37)25-17-34-26(38-25)7-6-21-16-32-15-20-3-2-8-33-27(20)21;1-18-9-10-20(25(30)14-23-15-26(31-29-23)27(2,3)4)13-19(18)11-12-22-17-28-16-21-7-5-6-8-24(21)22/h3-10,19,21-22,26H,11-12,15-18,20,23H2,1-2H3;3-6,13,15-17,19H,9-12,14,18H2,1-2H3,(H,32,33);2-5,8,13,15-17H,9-12,14,18H2,1H3;5-10,13,15-17H,14H2,1-4H3. The molecule has 16 aromatic rings. The van der Waals surface area contributed by atoms with Gasteiger partial charge in [0.1, 0.15) is 11.3 Å². The third-order valence-corrected chi connectivity index (χ3v) is 27.6. The molecule has 3 aliphatic heterocycles. The lowest BCUT2D eigenvalue weighted by molar-refractivity contribution is -0.138. The van der Waals surface area contributed by atoms with E-state index in [0.29, 0.717) is 62.2 Å². The Balaban J connectivity index is 0.000000132. The summed E-state index contributed by atoms with van der Waals surface area (Å²) in [5, 5.41) is 17.4. The number of alkyl halides is 3. The highest BCUT2D eigenvalue weighted by Crippen LogP contribution is 2.43. The molecule has 0 unspecified atom stereocenters. The van der Waals surface area contributed by atoms with E-state index in [0.717, 1.165) is 230 Å². The van der Waals surface area contributed by atoms with Crippen molar-refractivity contribution in [3.05, 3.63) is 381 Å². The van der Waals surface area contributed by atoms with Gasteiger partial charge in [0, 0.05) is 226 Å². The summed E-state index contributed by atoms with van der Waals surface area (Å²) in [6, 6.07) is 55.6. The number of hydrogen-bond donors (Lipinski definition) is 1. The number of Topliss-reactive ketones (excluding diaryl/α,β-unsaturated/α-hetero) is 4. The predicted molar refractivity (Wildman–Crippen MR) is 561 cm³/mol. The molecule has 4 fully saturated rings. The quantitative estimate of drug-likeness (QED) is 0.0585. The van der Waals surface area contributed by atoms with Gasteiger partial charge in [-0.1, -0.05) is 200 Å². The lowest BCUT2D eigenvalue weighted by Crippen LogP contribution is -2.44. The number of carbonyl (C=O) groups is 4. The van der Waals surface area contributed by atoms with Crippen molar-refractivity contribution < 1.29 is 36.9 Å². The number of thiazole rings is 1. The third-order valence-electron chi connectivity index (χ3n) is 26.3. The second kappa shape index (κ2) is 46.1. The SMILES string of the molecule is CN1CCN(Cc2ccc(CC(=O)c3cnc(C#Cc4cncc5cccnc45)s3)cc2C(F)(F)F)CC1.Cc1ccc(C(=O)Cc2cc(C(C)(C)C)on2)cc1C#Cc1cncc2ccccc12.Cc1ccc(C(=O)Cc2ccc(CN3CCN(C)CC3)c(C3CC3)c2)cc1C#Cc1cnnc2ccccc12.Cc1ccc(C(=O)Cc2ccc(CN3CCN(C)CC3)c(Cl)c2)cc1C#Cc1cncc2[nH]cnc12. The van der Waals surface area contributed by atoms with Crippen LogP contribution in [0.1, 0.15) is 197 Å². The normalized spacial score (nSPS) is 14.3. The Morgan fingerprint density at radius 2 is 0.938 bits per heavy atom. The van der Waals surface area contributed by atoms with E-state index < -0.39 is 11.7 Å². The van der Waals surface area contributed by atoms with Crippen LogP contribution in [0.15, 0.2) is 243 Å². The Morgan fingerprint density at radius 1 is 0.451 bits per heavy atom. The first-order valence-electron chi connectivity index (χ1n) is 48.3. The molecule has 1 aliphatic carbocycles. The number of ketones is 4. The van der Waals surface area contributed by atoms with E-state index in [-0.39, 0.29) is 53.5 Å². The first-order valence-corrected chi connectivity index (χ1v) is 49.5. The monoisotopic (exact) mass is 1950 g/mol. The zero-order valence-electron chi connectivity index (χ0n) is 82.1. The molecule has 8 aromatic heterocycles. The number of pyridine rings is 4. The van der Waals surface area contributed by atoms with E-state index in [4.69, 9.17) is 16.1 Å². The number of hydrogen-bond acceptors (Lipinski definition) is 21. The maximum atomic E-state index is 13.9. The highest BCUT2D eigenvalue weighted by atomic mass is 35.5. The fourth-order valence-corrected chi connectivity index (χ4v) is 18.4. The van der Waals surface area contributed by atoms with E-state index in [1.165, 1.54) is 36.2 Å². The van der Waals surface area contributed by atoms with E-state index in [9.17, 15) is 32.3 Å². The van der Waals surface area contributed by atoms with Crippen LogP contribution in [0.2, 0.25) is 5.02 Å². The van der Waals surface area contributed by atoms with Crippen molar-refractivity contribution in [2.75, 3.05) is 99.7 Å². The average molecular weight is 1960 g/mol. The van der Waals surface area contributed by atoms with Gasteiger partial charge in [0.05, 0.1) is 86.3 Å². The minimum atomic E-state index is -4.50. The van der Waals surface area contributed by atoms with Crippen LogP contribution in [0.25, 0.3) is 43.6 Å². The molecule has 21 nitrogen and oxygen atoms in total. The number of benzene rings is 8. The molecule has 8 aromatic carbocycles. The Morgan fingerprint density at radius 3 is 1.53 bits per heavy atom. The summed E-state index contributed by atoms with van der Waals surface area (Å²) >= 11 is 7.72. The zero-order chi connectivity index (χ0) is 101. The summed E-state index contributed by atoms with van der Waals surface area (Å²) in [6.45, 7) is 26.1. The molecular weight excluding hydrogens is 1850 g/mol. The van der Waals surface area contributed by atoms with Crippen LogP contribution in [0.4, 0.5) is 13.2 Å². The van der Waals surface area contributed by atoms with Gasteiger partial charge in [-0.05, 0) is 171 Å². The number of nitrogens with one attached hydrogen (secondary N) is 1. The molecule has 26 heteroatoms. The van der Waals surface area contributed by atoms with Gasteiger partial charge in [-0.15, -0.1) is 11.3 Å². The van der Waals surface area contributed by atoms with Crippen LogP contribution < -0.4 is 0 Å². The number of nitrogens with zero attached hydrogens (tertiary/aromatic N) is 15. The molecule has 144 heavy (non-hydrogen) atoms. The number of fused-ring (bicyclic) bond motifs is 4. The molecule has 726 valence electrons. The molecule has 20 rings (SSSR count). The average Bonchev–Trinajstić information content (AvgIpc) is 1.70. The van der Waals surface area contributed by atoms with Crippen LogP contribution in [0.5, 0.6) is 0 Å². The van der Waals surface area contributed by atoms with Crippen LogP contribution in [0.3, 0.4) is 0 Å². The van der Waals surface area contributed by atoms with Crippen molar-refractivity contribution in [2.24, 2.45) is 0 Å². The van der Waals surface area contributed by atoms with Crippen molar-refractivity contribution in [2.45, 2.75) is 117 Å². The lowest BCUT2D eigenvalue weighted by Gasteiger charge is -2.33. The number of H-pyrrole nitrogens is 1. The van der Waals surface area contributed by atoms with Gasteiger partial charge in [-0.3, -0.25) is 53.8 Å². The molecule has 4 aliphatic rings. The topological polar surface area (TPSA) is 233 Å². The molecule has 0 radical (unpaired) electrons. The van der Waals surface area contributed by atoms with Gasteiger partial charge >= 0.3 is 6.18 Å². The number of aromatic nitrogens is 10. The number of rotatable bonds is 19. The van der Waals surface area contributed by atoms with Gasteiger partial charge in [0.25, 0.3) is 0 Å². The Bertz CT molecular complexity index is 7730. The summed E-state index contributed by atoms with van der Waals surface area (Å²) < 4.78 is 47.1. The molecule has 1 saturated carbocycles. The molecule has 0 amide bonds. The number of aromatic amines is 1. The first kappa shape index (κ1) is 101. The number of piperazine rings is 3. The lowest BCUT2D eigenvalue weighted by atomic mass is 9.93. The van der Waals surface area contributed by atoms with Crippen molar-refractivity contribution in [3.63, 3.8) is 0 Å². The highest BCUT2D eigenvalue weighted by Gasteiger charge is 2.35. The second-order valence-electron chi connectivity index (χ2n) is 38.3. The molecular formula is C118H110ClF3N16O5S. The predicted octanol–water partition coefficient (Wildman–Crippen LogP) is 20.2. The van der Waals surface area contributed by atoms with Crippen LogP contribution in [0, 0.1) is 68.1 Å². The van der Waals surface area contributed by atoms with Gasteiger partial charge < -0.3 is 24.2 Å². The summed E-state index contributed by atoms with van der Waals surface area (Å²) in [6.07, 6.45) is 15.6. The fraction of sp³-hybridized carbons (Fsp3) is 0.280. The molecule has 0 bridgehead atoms. The largest absolute Gasteiger partial charge is 0.416 e. The Hall–Kier alpha value is -14.7. The maximum absolute atomic E-state index is 13.9. The fourth-order valence-electron chi connectivity index (χ4n) is 17.4. The minimum Gasteiger partial charge on any atom is -0.361 e. The van der Waals surface area contributed by atoms with Gasteiger partial charge in [0.2, 0.25) is 0 Å². The summed E-state index contributed by atoms with van der Waals surface area (Å²) in [5.74, 6) is 26.6. The Labute approximate surface area is 846 Å². The molecule has 1 N–H and O–H groups in total. The Kier molecular flexibility index (Phi) is 32.3. The van der Waals surface area contributed by atoms with Gasteiger partial charge in [-0.2, -0.15) is 23.4 Å². The van der Waals surface area contributed by atoms with Gasteiger partial charge in [0.15, 0.2) is 28.1 Å². The molecule has 11 heterocycles. The molecule has 3 saturated heterocycles. The zero-order valence-corrected chi connectivity index (χ0v) is 83.7. The number of aryl methyl sites for hydroxylation is 3. The second-order valence-corrected chi connectivity index (χ2v) is 39.8. The maximum Gasteiger partial charge on any atom is 0.416 e.